The lowest BCUT2D eigenvalue weighted by Crippen LogP contribution is -2.47. The van der Waals surface area contributed by atoms with Crippen LogP contribution in [0.2, 0.25) is 0 Å². The maximum Gasteiger partial charge on any atom is 0.231 e. The molecule has 2 heterocycles. The van der Waals surface area contributed by atoms with Gasteiger partial charge in [-0.25, -0.2) is 0 Å². The molecule has 0 atom stereocenters. The molecular formula is C19H23NO3. The van der Waals surface area contributed by atoms with Crippen LogP contribution in [0.3, 0.4) is 0 Å². The first kappa shape index (κ1) is 15.8. The second-order valence-electron chi connectivity index (χ2n) is 6.18. The van der Waals surface area contributed by atoms with E-state index >= 15 is 0 Å². The lowest BCUT2D eigenvalue weighted by molar-refractivity contribution is -0.130. The molecule has 0 unspecified atom stereocenters. The van der Waals surface area contributed by atoms with Crippen molar-refractivity contribution >= 4 is 5.91 Å². The monoisotopic (exact) mass is 313 g/mol. The van der Waals surface area contributed by atoms with E-state index in [9.17, 15) is 4.79 Å². The number of ether oxygens (including phenoxy) is 1. The smallest absolute Gasteiger partial charge is 0.231 e. The number of hydrogen-bond donors (Lipinski definition) is 1. The summed E-state index contributed by atoms with van der Waals surface area (Å²) in [5, 5.41) is 3.11. The summed E-state index contributed by atoms with van der Waals surface area (Å²) in [6, 6.07) is 12.0. The third-order valence-electron chi connectivity index (χ3n) is 4.69. The van der Waals surface area contributed by atoms with Gasteiger partial charge in [-0.05, 0) is 38.3 Å². The lowest BCUT2D eigenvalue weighted by Gasteiger charge is -2.36. The minimum absolute atomic E-state index is 0.0743. The number of benzene rings is 1. The van der Waals surface area contributed by atoms with Gasteiger partial charge in [0.05, 0.1) is 5.41 Å². The van der Waals surface area contributed by atoms with Crippen LogP contribution in [-0.2, 0) is 21.5 Å². The maximum absolute atomic E-state index is 13.0. The van der Waals surface area contributed by atoms with Crippen molar-refractivity contribution in [1.29, 1.82) is 0 Å². The Hall–Kier alpha value is -2.07. The van der Waals surface area contributed by atoms with Crippen molar-refractivity contribution in [2.24, 2.45) is 0 Å². The Labute approximate surface area is 136 Å². The fourth-order valence-corrected chi connectivity index (χ4v) is 3.33. The van der Waals surface area contributed by atoms with Crippen LogP contribution in [0, 0.1) is 13.8 Å². The molecule has 3 rings (SSSR count). The van der Waals surface area contributed by atoms with Gasteiger partial charge in [0.1, 0.15) is 11.5 Å². The molecule has 1 aromatic carbocycles. The normalized spacial score (nSPS) is 17.0. The molecule has 4 nitrogen and oxygen atoms in total. The molecule has 1 N–H and O–H groups in total. The largest absolute Gasteiger partial charge is 0.466 e. The second kappa shape index (κ2) is 6.59. The van der Waals surface area contributed by atoms with Gasteiger partial charge in [0, 0.05) is 25.3 Å². The summed E-state index contributed by atoms with van der Waals surface area (Å²) in [4.78, 5) is 13.0. The van der Waals surface area contributed by atoms with Gasteiger partial charge in [0.2, 0.25) is 5.91 Å². The predicted octanol–water partition coefficient (Wildman–Crippen LogP) is 3.26. The molecule has 0 bridgehead atoms. The highest BCUT2D eigenvalue weighted by molar-refractivity contribution is 5.88. The average Bonchev–Trinajstić information content (AvgIpc) is 2.91. The summed E-state index contributed by atoms with van der Waals surface area (Å²) in [7, 11) is 0. The van der Waals surface area contributed by atoms with E-state index in [1.54, 1.807) is 0 Å². The Morgan fingerprint density at radius 1 is 1.17 bits per heavy atom. The van der Waals surface area contributed by atoms with E-state index in [1.165, 1.54) is 0 Å². The molecule has 122 valence electrons. The molecule has 0 saturated carbocycles. The molecule has 23 heavy (non-hydrogen) atoms. The van der Waals surface area contributed by atoms with Crippen molar-refractivity contribution in [1.82, 2.24) is 5.32 Å². The molecule has 1 aliphatic heterocycles. The number of rotatable bonds is 4. The Morgan fingerprint density at radius 2 is 1.87 bits per heavy atom. The van der Waals surface area contributed by atoms with Crippen molar-refractivity contribution in [2.45, 2.75) is 38.6 Å². The third-order valence-corrected chi connectivity index (χ3v) is 4.69. The lowest BCUT2D eigenvalue weighted by atomic mass is 9.73. The van der Waals surface area contributed by atoms with Gasteiger partial charge in [0.15, 0.2) is 0 Å². The number of carbonyl (C=O) groups excluding carboxylic acids is 1. The van der Waals surface area contributed by atoms with Crippen molar-refractivity contribution in [3.63, 3.8) is 0 Å². The van der Waals surface area contributed by atoms with Crippen molar-refractivity contribution in [3.8, 4) is 0 Å². The molecule has 0 aliphatic carbocycles. The van der Waals surface area contributed by atoms with E-state index in [-0.39, 0.29) is 5.91 Å². The SMILES string of the molecule is Cc1cc(CNC(=O)C2(c3ccccc3)CCOCC2)c(C)o1. The summed E-state index contributed by atoms with van der Waals surface area (Å²) in [6.07, 6.45) is 1.43. The number of amides is 1. The van der Waals surface area contributed by atoms with Gasteiger partial charge >= 0.3 is 0 Å². The van der Waals surface area contributed by atoms with E-state index in [4.69, 9.17) is 9.15 Å². The van der Waals surface area contributed by atoms with E-state index < -0.39 is 5.41 Å². The fraction of sp³-hybridized carbons (Fsp3) is 0.421. The molecule has 2 aromatic rings. The predicted molar refractivity (Wildman–Crippen MR) is 88.2 cm³/mol. The van der Waals surface area contributed by atoms with Crippen LogP contribution in [0.25, 0.3) is 0 Å². The number of furan rings is 1. The van der Waals surface area contributed by atoms with Crippen molar-refractivity contribution in [2.75, 3.05) is 13.2 Å². The van der Waals surface area contributed by atoms with Gasteiger partial charge in [-0.1, -0.05) is 30.3 Å². The molecule has 0 spiro atoms. The molecule has 1 amide bonds. The second-order valence-corrected chi connectivity index (χ2v) is 6.18. The van der Waals surface area contributed by atoms with Crippen LogP contribution in [0.4, 0.5) is 0 Å². The molecule has 4 heteroatoms. The van der Waals surface area contributed by atoms with Crippen LogP contribution < -0.4 is 5.32 Å². The van der Waals surface area contributed by atoms with Crippen LogP contribution in [0.5, 0.6) is 0 Å². The van der Waals surface area contributed by atoms with Gasteiger partial charge < -0.3 is 14.5 Å². The first-order valence-electron chi connectivity index (χ1n) is 8.09. The summed E-state index contributed by atoms with van der Waals surface area (Å²) in [6.45, 7) is 5.58. The Bertz CT molecular complexity index is 669. The summed E-state index contributed by atoms with van der Waals surface area (Å²) in [5.74, 6) is 1.81. The van der Waals surface area contributed by atoms with Crippen LogP contribution >= 0.6 is 0 Å². The quantitative estimate of drug-likeness (QED) is 0.942. The average molecular weight is 313 g/mol. The minimum Gasteiger partial charge on any atom is -0.466 e. The Balaban J connectivity index is 1.80. The third kappa shape index (κ3) is 3.17. The number of aryl methyl sites for hydroxylation is 2. The van der Waals surface area contributed by atoms with Crippen molar-refractivity contribution in [3.05, 3.63) is 59.0 Å². The molecule has 0 radical (unpaired) electrons. The zero-order valence-corrected chi connectivity index (χ0v) is 13.7. The van der Waals surface area contributed by atoms with E-state index in [0.717, 1.165) is 22.6 Å². The van der Waals surface area contributed by atoms with Gasteiger partial charge in [0.25, 0.3) is 0 Å². The topological polar surface area (TPSA) is 51.5 Å². The number of hydrogen-bond acceptors (Lipinski definition) is 3. The Morgan fingerprint density at radius 3 is 2.48 bits per heavy atom. The van der Waals surface area contributed by atoms with Crippen LogP contribution in [0.1, 0.15) is 35.5 Å². The molecule has 1 saturated heterocycles. The molecule has 1 aliphatic rings. The molecule has 1 fully saturated rings. The van der Waals surface area contributed by atoms with E-state index in [1.807, 2.05) is 50.2 Å². The van der Waals surface area contributed by atoms with Gasteiger partial charge in [-0.3, -0.25) is 4.79 Å². The molecule has 1 aromatic heterocycles. The highest BCUT2D eigenvalue weighted by Gasteiger charge is 2.41. The first-order chi connectivity index (χ1) is 11.1. The standard InChI is InChI=1S/C19H23NO3/c1-14-12-16(15(2)23-14)13-20-18(21)19(8-10-22-11-9-19)17-6-4-3-5-7-17/h3-7,12H,8-11,13H2,1-2H3,(H,20,21). The Kier molecular flexibility index (Phi) is 4.53. The van der Waals surface area contributed by atoms with Gasteiger partial charge in [-0.2, -0.15) is 0 Å². The zero-order chi connectivity index (χ0) is 16.3. The number of carbonyl (C=O) groups is 1. The fourth-order valence-electron chi connectivity index (χ4n) is 3.33. The van der Waals surface area contributed by atoms with Crippen LogP contribution in [-0.4, -0.2) is 19.1 Å². The minimum atomic E-state index is -0.494. The zero-order valence-electron chi connectivity index (χ0n) is 13.7. The highest BCUT2D eigenvalue weighted by Crippen LogP contribution is 2.35. The van der Waals surface area contributed by atoms with Gasteiger partial charge in [-0.15, -0.1) is 0 Å². The first-order valence-corrected chi connectivity index (χ1v) is 8.09. The summed E-state index contributed by atoms with van der Waals surface area (Å²) in [5.41, 5.74) is 1.61. The summed E-state index contributed by atoms with van der Waals surface area (Å²) < 4.78 is 11.0. The molecular weight excluding hydrogens is 290 g/mol. The highest BCUT2D eigenvalue weighted by atomic mass is 16.5. The van der Waals surface area contributed by atoms with E-state index in [0.29, 0.717) is 32.6 Å². The van der Waals surface area contributed by atoms with Crippen molar-refractivity contribution < 1.29 is 13.9 Å². The number of nitrogens with one attached hydrogen (secondary N) is 1. The van der Waals surface area contributed by atoms with Crippen LogP contribution in [0.15, 0.2) is 40.8 Å². The summed E-state index contributed by atoms with van der Waals surface area (Å²) >= 11 is 0. The maximum atomic E-state index is 13.0. The van der Waals surface area contributed by atoms with E-state index in [2.05, 4.69) is 5.32 Å².